The third-order valence-electron chi connectivity index (χ3n) is 3.72. The van der Waals surface area contributed by atoms with E-state index in [1.807, 2.05) is 0 Å². The molecule has 0 atom stereocenters. The standard InChI is InChI=1S/C19H24N2O3/c1-2-3-4-5-8-24-16-6-7-17(18(22)12-16)19(23)13-9-14(20)11-15(21)10-13/h6-7,9-12,22H,2-5,8,20-21H2,1H3. The summed E-state index contributed by atoms with van der Waals surface area (Å²) < 4.78 is 5.60. The van der Waals surface area contributed by atoms with Crippen LogP contribution in [0.5, 0.6) is 11.5 Å². The molecule has 5 nitrogen and oxygen atoms in total. The summed E-state index contributed by atoms with van der Waals surface area (Å²) in [6.07, 6.45) is 4.45. The lowest BCUT2D eigenvalue weighted by Crippen LogP contribution is -2.04. The van der Waals surface area contributed by atoms with Gasteiger partial charge in [-0.1, -0.05) is 26.2 Å². The van der Waals surface area contributed by atoms with Gasteiger partial charge in [0.25, 0.3) is 0 Å². The molecule has 2 aromatic rings. The van der Waals surface area contributed by atoms with Gasteiger partial charge in [0.05, 0.1) is 12.2 Å². The van der Waals surface area contributed by atoms with Crippen LogP contribution in [0.4, 0.5) is 11.4 Å². The Morgan fingerprint density at radius 1 is 1.04 bits per heavy atom. The van der Waals surface area contributed by atoms with Crippen molar-refractivity contribution in [3.63, 3.8) is 0 Å². The Morgan fingerprint density at radius 3 is 2.38 bits per heavy atom. The molecule has 0 radical (unpaired) electrons. The van der Waals surface area contributed by atoms with Crippen LogP contribution < -0.4 is 16.2 Å². The number of aromatic hydroxyl groups is 1. The number of anilines is 2. The van der Waals surface area contributed by atoms with E-state index in [-0.39, 0.29) is 17.1 Å². The Balaban J connectivity index is 2.07. The monoisotopic (exact) mass is 328 g/mol. The highest BCUT2D eigenvalue weighted by Gasteiger charge is 2.15. The number of unbranched alkanes of at least 4 members (excludes halogenated alkanes) is 3. The second kappa shape index (κ2) is 8.24. The Hall–Kier alpha value is -2.69. The van der Waals surface area contributed by atoms with Crippen LogP contribution in [0, 0.1) is 0 Å². The highest BCUT2D eigenvalue weighted by molar-refractivity contribution is 6.11. The second-order valence-electron chi connectivity index (χ2n) is 5.81. The van der Waals surface area contributed by atoms with Crippen LogP contribution in [-0.2, 0) is 0 Å². The number of ketones is 1. The van der Waals surface area contributed by atoms with Crippen molar-refractivity contribution in [1.29, 1.82) is 0 Å². The fourth-order valence-electron chi connectivity index (χ4n) is 2.48. The molecule has 0 spiro atoms. The third-order valence-corrected chi connectivity index (χ3v) is 3.72. The Morgan fingerprint density at radius 2 is 1.75 bits per heavy atom. The maximum atomic E-state index is 12.5. The van der Waals surface area contributed by atoms with Crippen molar-refractivity contribution >= 4 is 17.2 Å². The van der Waals surface area contributed by atoms with Gasteiger partial charge in [0, 0.05) is 23.0 Å². The fourth-order valence-corrected chi connectivity index (χ4v) is 2.48. The zero-order valence-electron chi connectivity index (χ0n) is 13.9. The van der Waals surface area contributed by atoms with E-state index in [2.05, 4.69) is 6.92 Å². The molecule has 2 rings (SSSR count). The van der Waals surface area contributed by atoms with Gasteiger partial charge in [0.1, 0.15) is 11.5 Å². The van der Waals surface area contributed by atoms with Crippen LogP contribution in [0.15, 0.2) is 36.4 Å². The molecule has 0 aliphatic carbocycles. The predicted octanol–water partition coefficient (Wildman–Crippen LogP) is 3.75. The number of ether oxygens (including phenoxy) is 1. The van der Waals surface area contributed by atoms with Crippen molar-refractivity contribution in [3.8, 4) is 11.5 Å². The molecule has 0 bridgehead atoms. The highest BCUT2D eigenvalue weighted by atomic mass is 16.5. The second-order valence-corrected chi connectivity index (χ2v) is 5.81. The van der Waals surface area contributed by atoms with E-state index < -0.39 is 0 Å². The van der Waals surface area contributed by atoms with E-state index in [1.54, 1.807) is 18.2 Å². The molecular weight excluding hydrogens is 304 g/mol. The summed E-state index contributed by atoms with van der Waals surface area (Å²) in [7, 11) is 0. The zero-order chi connectivity index (χ0) is 17.5. The molecule has 0 unspecified atom stereocenters. The number of nitrogen functional groups attached to an aromatic ring is 2. The maximum absolute atomic E-state index is 12.5. The topological polar surface area (TPSA) is 98.6 Å². The molecule has 2 aromatic carbocycles. The van der Waals surface area contributed by atoms with Gasteiger partial charge in [-0.25, -0.2) is 0 Å². The zero-order valence-corrected chi connectivity index (χ0v) is 13.9. The molecule has 24 heavy (non-hydrogen) atoms. The number of phenolic OH excluding ortho intramolecular Hbond substituents is 1. The van der Waals surface area contributed by atoms with Crippen LogP contribution in [-0.4, -0.2) is 17.5 Å². The van der Waals surface area contributed by atoms with Crippen molar-refractivity contribution in [2.24, 2.45) is 0 Å². The van der Waals surface area contributed by atoms with Crippen LogP contribution >= 0.6 is 0 Å². The van der Waals surface area contributed by atoms with Gasteiger partial charge in [0.15, 0.2) is 5.78 Å². The van der Waals surface area contributed by atoms with Crippen molar-refractivity contribution in [2.45, 2.75) is 32.6 Å². The molecule has 0 aliphatic heterocycles. The number of carbonyl (C=O) groups is 1. The SMILES string of the molecule is CCCCCCOc1ccc(C(=O)c2cc(N)cc(N)c2)c(O)c1. The quantitative estimate of drug-likeness (QED) is 0.389. The Kier molecular flexibility index (Phi) is 6.07. The molecular formula is C19H24N2O3. The summed E-state index contributed by atoms with van der Waals surface area (Å²) in [5.41, 5.74) is 12.8. The molecule has 0 saturated heterocycles. The lowest BCUT2D eigenvalue weighted by atomic mass is 10.0. The van der Waals surface area contributed by atoms with Crippen LogP contribution in [0.25, 0.3) is 0 Å². The molecule has 5 heteroatoms. The molecule has 5 N–H and O–H groups in total. The number of hydrogen-bond donors (Lipinski definition) is 3. The van der Waals surface area contributed by atoms with Crippen molar-refractivity contribution < 1.29 is 14.6 Å². The van der Waals surface area contributed by atoms with Gasteiger partial charge in [-0.15, -0.1) is 0 Å². The summed E-state index contributed by atoms with van der Waals surface area (Å²) >= 11 is 0. The molecule has 0 fully saturated rings. The number of nitrogens with two attached hydrogens (primary N) is 2. The largest absolute Gasteiger partial charge is 0.507 e. The Labute approximate surface area is 142 Å². The van der Waals surface area contributed by atoms with Crippen molar-refractivity contribution in [3.05, 3.63) is 47.5 Å². The highest BCUT2D eigenvalue weighted by Crippen LogP contribution is 2.27. The number of phenols is 1. The summed E-state index contributed by atoms with van der Waals surface area (Å²) in [6.45, 7) is 2.75. The number of carbonyl (C=O) groups excluding carboxylic acids is 1. The lowest BCUT2D eigenvalue weighted by Gasteiger charge is -2.09. The van der Waals surface area contributed by atoms with E-state index in [4.69, 9.17) is 16.2 Å². The van der Waals surface area contributed by atoms with Gasteiger partial charge in [-0.05, 0) is 36.8 Å². The lowest BCUT2D eigenvalue weighted by molar-refractivity contribution is 0.103. The van der Waals surface area contributed by atoms with Crippen molar-refractivity contribution in [2.75, 3.05) is 18.1 Å². The van der Waals surface area contributed by atoms with Crippen LogP contribution in [0.1, 0.15) is 48.5 Å². The normalized spacial score (nSPS) is 10.5. The number of benzene rings is 2. The summed E-state index contributed by atoms with van der Waals surface area (Å²) in [5, 5.41) is 10.1. The molecule has 0 aromatic heterocycles. The van der Waals surface area contributed by atoms with Crippen LogP contribution in [0.3, 0.4) is 0 Å². The molecule has 0 aliphatic rings. The van der Waals surface area contributed by atoms with E-state index in [9.17, 15) is 9.90 Å². The molecule has 0 amide bonds. The first-order valence-electron chi connectivity index (χ1n) is 8.18. The third kappa shape index (κ3) is 4.65. The molecule has 0 saturated carbocycles. The number of hydrogen-bond acceptors (Lipinski definition) is 5. The minimum absolute atomic E-state index is 0.118. The first kappa shape index (κ1) is 17.7. The van der Waals surface area contributed by atoms with Gasteiger partial charge in [-0.3, -0.25) is 4.79 Å². The van der Waals surface area contributed by atoms with E-state index in [0.29, 0.717) is 29.3 Å². The summed E-state index contributed by atoms with van der Waals surface area (Å²) in [4.78, 5) is 12.5. The first-order chi connectivity index (χ1) is 11.5. The average molecular weight is 328 g/mol. The van der Waals surface area contributed by atoms with Crippen molar-refractivity contribution in [1.82, 2.24) is 0 Å². The van der Waals surface area contributed by atoms with Gasteiger partial charge < -0.3 is 21.3 Å². The number of rotatable bonds is 8. The first-order valence-corrected chi connectivity index (χ1v) is 8.18. The minimum atomic E-state index is -0.332. The Bertz CT molecular complexity index is 694. The molecule has 128 valence electrons. The average Bonchev–Trinajstić information content (AvgIpc) is 2.53. The molecule has 0 heterocycles. The summed E-state index contributed by atoms with van der Waals surface area (Å²) in [5.74, 6) is 0.0979. The maximum Gasteiger partial charge on any atom is 0.196 e. The predicted molar refractivity (Wildman–Crippen MR) is 96.4 cm³/mol. The van der Waals surface area contributed by atoms with E-state index in [0.717, 1.165) is 12.8 Å². The van der Waals surface area contributed by atoms with Gasteiger partial charge in [-0.2, -0.15) is 0 Å². The van der Waals surface area contributed by atoms with Gasteiger partial charge in [0.2, 0.25) is 0 Å². The van der Waals surface area contributed by atoms with Crippen LogP contribution in [0.2, 0.25) is 0 Å². The fraction of sp³-hybridized carbons (Fsp3) is 0.316. The van der Waals surface area contributed by atoms with E-state index in [1.165, 1.54) is 31.0 Å². The van der Waals surface area contributed by atoms with E-state index >= 15 is 0 Å². The minimum Gasteiger partial charge on any atom is -0.507 e. The summed E-state index contributed by atoms with van der Waals surface area (Å²) in [6, 6.07) is 9.35. The van der Waals surface area contributed by atoms with Gasteiger partial charge >= 0.3 is 0 Å². The smallest absolute Gasteiger partial charge is 0.196 e.